The number of aromatic nitrogens is 1. The van der Waals surface area contributed by atoms with Gasteiger partial charge in [0.1, 0.15) is 0 Å². The smallest absolute Gasteiger partial charge is 0.332 e. The van der Waals surface area contributed by atoms with E-state index in [-0.39, 0.29) is 6.54 Å². The molecule has 0 spiro atoms. The highest BCUT2D eigenvalue weighted by Crippen LogP contribution is 2.03. The summed E-state index contributed by atoms with van der Waals surface area (Å²) >= 11 is 0. The van der Waals surface area contributed by atoms with Crippen LogP contribution in [0.1, 0.15) is 0 Å². The number of nitrogens with zero attached hydrogens (tertiary/aromatic N) is 2. The number of nitro groups is 1. The van der Waals surface area contributed by atoms with Crippen molar-refractivity contribution in [3.8, 4) is 0 Å². The summed E-state index contributed by atoms with van der Waals surface area (Å²) in [6.07, 6.45) is 1.88. The number of aliphatic hydroxyl groups is 1. The minimum absolute atomic E-state index is 0.196. The molecule has 1 heterocycles. The lowest BCUT2D eigenvalue weighted by molar-refractivity contribution is -0.386. The maximum absolute atomic E-state index is 11.1. The third kappa shape index (κ3) is 3.14. The van der Waals surface area contributed by atoms with E-state index in [0.29, 0.717) is 6.54 Å². The van der Waals surface area contributed by atoms with Crippen molar-refractivity contribution in [1.82, 2.24) is 9.88 Å². The molecule has 0 radical (unpaired) electrons. The standard InChI is InChI=1S/C9H13N3O4/c1-10-4-7(13)5-11-3-2-9(14)8(6-11)12(15)16/h2-3,6-7,10,13H,4-5H2,1H3. The van der Waals surface area contributed by atoms with E-state index in [1.165, 1.54) is 10.8 Å². The molecule has 0 aliphatic carbocycles. The third-order valence-electron chi connectivity index (χ3n) is 2.02. The fraction of sp³-hybridized carbons (Fsp3) is 0.444. The normalized spacial score (nSPS) is 12.4. The molecule has 1 atom stereocenters. The molecule has 0 aliphatic heterocycles. The number of hydrogen-bond acceptors (Lipinski definition) is 5. The van der Waals surface area contributed by atoms with Gasteiger partial charge in [-0.15, -0.1) is 0 Å². The molecule has 0 bridgehead atoms. The van der Waals surface area contributed by atoms with Gasteiger partial charge in [0.25, 0.3) is 5.43 Å². The molecule has 0 aliphatic rings. The Labute approximate surface area is 91.5 Å². The van der Waals surface area contributed by atoms with Gasteiger partial charge < -0.3 is 15.0 Å². The van der Waals surface area contributed by atoms with E-state index >= 15 is 0 Å². The molecule has 2 N–H and O–H groups in total. The lowest BCUT2D eigenvalue weighted by atomic mass is 10.3. The fourth-order valence-corrected chi connectivity index (χ4v) is 1.31. The Balaban J connectivity index is 2.87. The Bertz CT molecular complexity index is 429. The predicted octanol–water partition coefficient (Wildman–Crippen LogP) is -0.663. The summed E-state index contributed by atoms with van der Waals surface area (Å²) < 4.78 is 1.42. The maximum Gasteiger partial charge on any atom is 0.332 e. The maximum atomic E-state index is 11.1. The second-order valence-corrected chi connectivity index (χ2v) is 3.36. The van der Waals surface area contributed by atoms with Gasteiger partial charge in [0.2, 0.25) is 0 Å². The molecule has 0 saturated heterocycles. The van der Waals surface area contributed by atoms with Crippen molar-refractivity contribution in [2.45, 2.75) is 12.6 Å². The summed E-state index contributed by atoms with van der Waals surface area (Å²) in [6, 6.07) is 1.12. The summed E-state index contributed by atoms with van der Waals surface area (Å²) in [5, 5.41) is 22.8. The topological polar surface area (TPSA) is 97.4 Å². The number of rotatable bonds is 5. The van der Waals surface area contributed by atoms with Gasteiger partial charge in [-0.3, -0.25) is 14.9 Å². The molecule has 7 heteroatoms. The number of aliphatic hydroxyl groups excluding tert-OH is 1. The van der Waals surface area contributed by atoms with E-state index in [0.717, 1.165) is 12.3 Å². The molecule has 0 saturated carbocycles. The van der Waals surface area contributed by atoms with Crippen LogP contribution in [-0.2, 0) is 6.54 Å². The van der Waals surface area contributed by atoms with Crippen LogP contribution in [0.15, 0.2) is 23.3 Å². The highest BCUT2D eigenvalue weighted by molar-refractivity contribution is 5.25. The number of likely N-dealkylation sites (N-methyl/N-ethyl adjacent to an activating group) is 1. The van der Waals surface area contributed by atoms with Crippen LogP contribution in [0.3, 0.4) is 0 Å². The largest absolute Gasteiger partial charge is 0.390 e. The Kier molecular flexibility index (Phi) is 4.15. The highest BCUT2D eigenvalue weighted by atomic mass is 16.6. The molecule has 1 aromatic rings. The van der Waals surface area contributed by atoms with Gasteiger partial charge in [-0.2, -0.15) is 0 Å². The van der Waals surface area contributed by atoms with Crippen LogP contribution >= 0.6 is 0 Å². The molecule has 0 fully saturated rings. The average molecular weight is 227 g/mol. The highest BCUT2D eigenvalue weighted by Gasteiger charge is 2.12. The van der Waals surface area contributed by atoms with E-state index in [4.69, 9.17) is 0 Å². The Morgan fingerprint density at radius 2 is 2.38 bits per heavy atom. The number of nitrogens with one attached hydrogen (secondary N) is 1. The van der Waals surface area contributed by atoms with Crippen molar-refractivity contribution in [2.75, 3.05) is 13.6 Å². The third-order valence-corrected chi connectivity index (χ3v) is 2.02. The summed E-state index contributed by atoms with van der Waals surface area (Å²) in [5.74, 6) is 0. The molecule has 1 aromatic heterocycles. The first-order valence-electron chi connectivity index (χ1n) is 4.71. The molecule has 16 heavy (non-hydrogen) atoms. The van der Waals surface area contributed by atoms with Crippen LogP contribution < -0.4 is 10.7 Å². The molecule has 88 valence electrons. The summed E-state index contributed by atoms with van der Waals surface area (Å²) in [5.41, 5.74) is -1.12. The van der Waals surface area contributed by atoms with Crippen molar-refractivity contribution in [3.05, 3.63) is 38.8 Å². The molecule has 0 aromatic carbocycles. The first-order valence-corrected chi connectivity index (χ1v) is 4.71. The lowest BCUT2D eigenvalue weighted by Gasteiger charge is -2.11. The molecule has 0 amide bonds. The van der Waals surface area contributed by atoms with Gasteiger partial charge in [0, 0.05) is 25.4 Å². The zero-order chi connectivity index (χ0) is 12.1. The Hall–Kier alpha value is -1.73. The van der Waals surface area contributed by atoms with Gasteiger partial charge in [-0.25, -0.2) is 0 Å². The lowest BCUT2D eigenvalue weighted by Crippen LogP contribution is -2.28. The zero-order valence-corrected chi connectivity index (χ0v) is 8.79. The fourth-order valence-electron chi connectivity index (χ4n) is 1.31. The SMILES string of the molecule is CNCC(O)Cn1ccc(=O)c([N+](=O)[O-])c1. The van der Waals surface area contributed by atoms with Crippen molar-refractivity contribution in [3.63, 3.8) is 0 Å². The number of hydrogen-bond donors (Lipinski definition) is 2. The van der Waals surface area contributed by atoms with Gasteiger partial charge >= 0.3 is 5.69 Å². The molecule has 1 rings (SSSR count). The zero-order valence-electron chi connectivity index (χ0n) is 8.79. The van der Waals surface area contributed by atoms with Crippen molar-refractivity contribution >= 4 is 5.69 Å². The monoisotopic (exact) mass is 227 g/mol. The van der Waals surface area contributed by atoms with E-state index in [9.17, 15) is 20.0 Å². The minimum Gasteiger partial charge on any atom is -0.390 e. The van der Waals surface area contributed by atoms with Crippen molar-refractivity contribution in [1.29, 1.82) is 0 Å². The Morgan fingerprint density at radius 1 is 1.69 bits per heavy atom. The van der Waals surface area contributed by atoms with Gasteiger partial charge in [-0.05, 0) is 7.05 Å². The summed E-state index contributed by atoms with van der Waals surface area (Å²) in [6.45, 7) is 0.571. The van der Waals surface area contributed by atoms with Crippen LogP contribution in [0, 0.1) is 10.1 Å². The minimum atomic E-state index is -0.733. The molecule has 1 unspecified atom stereocenters. The van der Waals surface area contributed by atoms with Crippen LogP contribution in [0.25, 0.3) is 0 Å². The van der Waals surface area contributed by atoms with Crippen LogP contribution in [0.4, 0.5) is 5.69 Å². The Morgan fingerprint density at radius 3 is 2.94 bits per heavy atom. The van der Waals surface area contributed by atoms with Crippen LogP contribution in [0.2, 0.25) is 0 Å². The molecule has 7 nitrogen and oxygen atoms in total. The van der Waals surface area contributed by atoms with Gasteiger partial charge in [0.15, 0.2) is 0 Å². The van der Waals surface area contributed by atoms with E-state index in [2.05, 4.69) is 5.32 Å². The second kappa shape index (κ2) is 5.38. The quantitative estimate of drug-likeness (QED) is 0.514. The van der Waals surface area contributed by atoms with Gasteiger partial charge in [0.05, 0.1) is 17.2 Å². The van der Waals surface area contributed by atoms with Crippen LogP contribution in [-0.4, -0.2) is 34.3 Å². The van der Waals surface area contributed by atoms with E-state index in [1.807, 2.05) is 0 Å². The van der Waals surface area contributed by atoms with Crippen LogP contribution in [0.5, 0.6) is 0 Å². The summed E-state index contributed by atoms with van der Waals surface area (Å²) in [7, 11) is 1.69. The average Bonchev–Trinajstić information content (AvgIpc) is 2.21. The molecular weight excluding hydrogens is 214 g/mol. The molecular formula is C9H13N3O4. The first-order chi connectivity index (χ1) is 7.54. The summed E-state index contributed by atoms with van der Waals surface area (Å²) in [4.78, 5) is 20.9. The number of pyridine rings is 1. The first kappa shape index (κ1) is 12.3. The van der Waals surface area contributed by atoms with E-state index < -0.39 is 22.1 Å². The predicted molar refractivity (Wildman–Crippen MR) is 57.3 cm³/mol. The second-order valence-electron chi connectivity index (χ2n) is 3.36. The van der Waals surface area contributed by atoms with E-state index in [1.54, 1.807) is 7.05 Å². The van der Waals surface area contributed by atoms with Crippen molar-refractivity contribution < 1.29 is 10.0 Å². The van der Waals surface area contributed by atoms with Gasteiger partial charge in [-0.1, -0.05) is 0 Å². The van der Waals surface area contributed by atoms with Crippen molar-refractivity contribution in [2.24, 2.45) is 0 Å².